The van der Waals surface area contributed by atoms with Gasteiger partial charge in [0, 0.05) is 0 Å². The Labute approximate surface area is 112 Å². The Kier molecular flexibility index (Phi) is 8.83. The van der Waals surface area contributed by atoms with Crippen molar-refractivity contribution in [2.75, 3.05) is 6.61 Å². The summed E-state index contributed by atoms with van der Waals surface area (Å²) in [6.07, 6.45) is 7.16. The maximum Gasteiger partial charge on any atom is 0.116 e. The zero-order valence-electron chi connectivity index (χ0n) is 12.4. The largest absolute Gasteiger partial charge is 0.393 e. The zero-order chi connectivity index (χ0) is 14.1. The van der Waals surface area contributed by atoms with E-state index in [9.17, 15) is 15.3 Å². The molecule has 0 amide bonds. The van der Waals surface area contributed by atoms with Crippen LogP contribution in [-0.2, 0) is 0 Å². The van der Waals surface area contributed by atoms with Crippen LogP contribution in [0.25, 0.3) is 0 Å². The molecule has 0 saturated heterocycles. The lowest BCUT2D eigenvalue weighted by molar-refractivity contribution is -0.184. The summed E-state index contributed by atoms with van der Waals surface area (Å²) in [5.74, 6) is 0. The summed E-state index contributed by atoms with van der Waals surface area (Å²) in [6.45, 7) is 5.85. The molecule has 3 heteroatoms. The second kappa shape index (κ2) is 8.89. The van der Waals surface area contributed by atoms with E-state index in [2.05, 4.69) is 20.8 Å². The molecule has 0 aromatic heterocycles. The molecule has 0 bridgehead atoms. The molecule has 0 aromatic carbocycles. The second-order valence-electron chi connectivity index (χ2n) is 5.53. The highest BCUT2D eigenvalue weighted by Gasteiger charge is 2.47. The van der Waals surface area contributed by atoms with E-state index in [0.29, 0.717) is 19.3 Å². The van der Waals surface area contributed by atoms with Gasteiger partial charge >= 0.3 is 0 Å². The van der Waals surface area contributed by atoms with E-state index in [4.69, 9.17) is 0 Å². The number of unbranched alkanes of at least 4 members (excludes halogenated alkanes) is 3. The lowest BCUT2D eigenvalue weighted by Crippen LogP contribution is -2.56. The normalized spacial score (nSPS) is 15.7. The van der Waals surface area contributed by atoms with Crippen LogP contribution in [0.5, 0.6) is 0 Å². The summed E-state index contributed by atoms with van der Waals surface area (Å²) < 4.78 is 0. The molecule has 0 aromatic rings. The molecule has 18 heavy (non-hydrogen) atoms. The Morgan fingerprint density at radius 1 is 0.667 bits per heavy atom. The van der Waals surface area contributed by atoms with Crippen LogP contribution < -0.4 is 0 Å². The zero-order valence-corrected chi connectivity index (χ0v) is 12.4. The van der Waals surface area contributed by atoms with Crippen molar-refractivity contribution in [3.63, 3.8) is 0 Å². The SMILES string of the molecule is CCCCC(O)(CO)C(O)(CCCC)CCCC. The summed E-state index contributed by atoms with van der Waals surface area (Å²) in [7, 11) is 0. The Hall–Kier alpha value is -0.120. The number of aliphatic hydroxyl groups is 3. The van der Waals surface area contributed by atoms with E-state index >= 15 is 0 Å². The lowest BCUT2D eigenvalue weighted by Gasteiger charge is -2.43. The third-order valence-corrected chi connectivity index (χ3v) is 3.96. The molecule has 1 atom stereocenters. The van der Waals surface area contributed by atoms with Crippen molar-refractivity contribution in [1.82, 2.24) is 0 Å². The van der Waals surface area contributed by atoms with Crippen molar-refractivity contribution in [3.8, 4) is 0 Å². The topological polar surface area (TPSA) is 60.7 Å². The summed E-state index contributed by atoms with van der Waals surface area (Å²) in [5.41, 5.74) is -2.48. The Bertz CT molecular complexity index is 198. The standard InChI is InChI=1S/C15H32O3/c1-4-7-10-14(17,11-8-5-2)15(18,13-16)12-9-6-3/h16-18H,4-13H2,1-3H3. The van der Waals surface area contributed by atoms with E-state index in [1.54, 1.807) is 0 Å². The van der Waals surface area contributed by atoms with Gasteiger partial charge in [0.2, 0.25) is 0 Å². The van der Waals surface area contributed by atoms with Gasteiger partial charge in [-0.2, -0.15) is 0 Å². The molecule has 3 N–H and O–H groups in total. The molecule has 3 nitrogen and oxygen atoms in total. The number of rotatable bonds is 11. The molecule has 0 aliphatic carbocycles. The second-order valence-corrected chi connectivity index (χ2v) is 5.53. The van der Waals surface area contributed by atoms with Crippen LogP contribution in [0.1, 0.15) is 78.6 Å². The maximum atomic E-state index is 10.8. The highest BCUT2D eigenvalue weighted by Crippen LogP contribution is 2.36. The Morgan fingerprint density at radius 3 is 1.28 bits per heavy atom. The first-order chi connectivity index (χ1) is 8.49. The van der Waals surface area contributed by atoms with Crippen LogP contribution in [0.2, 0.25) is 0 Å². The first kappa shape index (κ1) is 17.9. The van der Waals surface area contributed by atoms with E-state index < -0.39 is 11.2 Å². The quantitative estimate of drug-likeness (QED) is 0.535. The molecule has 0 heterocycles. The minimum absolute atomic E-state index is 0.350. The summed E-state index contributed by atoms with van der Waals surface area (Å²) in [6, 6.07) is 0. The van der Waals surface area contributed by atoms with Crippen molar-refractivity contribution < 1.29 is 15.3 Å². The molecule has 0 radical (unpaired) electrons. The van der Waals surface area contributed by atoms with Crippen molar-refractivity contribution in [2.45, 2.75) is 89.8 Å². The first-order valence-electron chi connectivity index (χ1n) is 7.55. The van der Waals surface area contributed by atoms with Gasteiger partial charge in [-0.15, -0.1) is 0 Å². The molecular weight excluding hydrogens is 228 g/mol. The minimum Gasteiger partial charge on any atom is -0.393 e. The first-order valence-corrected chi connectivity index (χ1v) is 7.55. The molecule has 0 rings (SSSR count). The van der Waals surface area contributed by atoms with E-state index in [0.717, 1.165) is 38.5 Å². The van der Waals surface area contributed by atoms with Crippen molar-refractivity contribution >= 4 is 0 Å². The molecule has 0 aliphatic heterocycles. The Balaban J connectivity index is 4.84. The molecule has 0 saturated carbocycles. The third kappa shape index (κ3) is 4.87. The van der Waals surface area contributed by atoms with Crippen LogP contribution in [0, 0.1) is 0 Å². The molecule has 0 fully saturated rings. The van der Waals surface area contributed by atoms with Gasteiger partial charge in [-0.25, -0.2) is 0 Å². The predicted octanol–water partition coefficient (Wildman–Crippen LogP) is 3.01. The van der Waals surface area contributed by atoms with Crippen molar-refractivity contribution in [1.29, 1.82) is 0 Å². The fourth-order valence-corrected chi connectivity index (χ4v) is 2.46. The van der Waals surface area contributed by atoms with E-state index in [1.807, 2.05) is 0 Å². The molecule has 0 spiro atoms. The van der Waals surface area contributed by atoms with Crippen LogP contribution in [0.3, 0.4) is 0 Å². The van der Waals surface area contributed by atoms with Crippen molar-refractivity contribution in [3.05, 3.63) is 0 Å². The highest BCUT2D eigenvalue weighted by molar-refractivity contribution is 4.99. The molecule has 1 unspecified atom stereocenters. The summed E-state index contributed by atoms with van der Waals surface area (Å²) in [4.78, 5) is 0. The average Bonchev–Trinajstić information content (AvgIpc) is 2.39. The number of aliphatic hydroxyl groups excluding tert-OH is 1. The molecule has 0 aliphatic rings. The summed E-state index contributed by atoms with van der Waals surface area (Å²) in [5, 5.41) is 31.0. The number of hydrogen-bond donors (Lipinski definition) is 3. The van der Waals surface area contributed by atoms with Gasteiger partial charge in [-0.3, -0.25) is 0 Å². The van der Waals surface area contributed by atoms with Gasteiger partial charge in [0.1, 0.15) is 5.60 Å². The van der Waals surface area contributed by atoms with Gasteiger partial charge < -0.3 is 15.3 Å². The lowest BCUT2D eigenvalue weighted by atomic mass is 9.73. The Morgan fingerprint density at radius 2 is 1.00 bits per heavy atom. The average molecular weight is 260 g/mol. The van der Waals surface area contributed by atoms with Crippen LogP contribution in [-0.4, -0.2) is 33.1 Å². The number of hydrogen-bond acceptors (Lipinski definition) is 3. The third-order valence-electron chi connectivity index (χ3n) is 3.96. The van der Waals surface area contributed by atoms with E-state index in [-0.39, 0.29) is 6.61 Å². The van der Waals surface area contributed by atoms with Gasteiger partial charge in [-0.05, 0) is 19.3 Å². The minimum atomic E-state index is -1.34. The maximum absolute atomic E-state index is 10.8. The van der Waals surface area contributed by atoms with Crippen LogP contribution in [0.4, 0.5) is 0 Å². The molecule has 110 valence electrons. The van der Waals surface area contributed by atoms with Crippen LogP contribution >= 0.6 is 0 Å². The van der Waals surface area contributed by atoms with Crippen molar-refractivity contribution in [2.24, 2.45) is 0 Å². The van der Waals surface area contributed by atoms with E-state index in [1.165, 1.54) is 0 Å². The van der Waals surface area contributed by atoms with Gasteiger partial charge in [0.25, 0.3) is 0 Å². The predicted molar refractivity (Wildman–Crippen MR) is 75.6 cm³/mol. The van der Waals surface area contributed by atoms with Gasteiger partial charge in [0.05, 0.1) is 12.2 Å². The monoisotopic (exact) mass is 260 g/mol. The van der Waals surface area contributed by atoms with Gasteiger partial charge in [0.15, 0.2) is 0 Å². The smallest absolute Gasteiger partial charge is 0.116 e. The van der Waals surface area contributed by atoms with Crippen LogP contribution in [0.15, 0.2) is 0 Å². The molecular formula is C15H32O3. The highest BCUT2D eigenvalue weighted by atomic mass is 16.4. The fraction of sp³-hybridized carbons (Fsp3) is 1.00. The summed E-state index contributed by atoms with van der Waals surface area (Å²) >= 11 is 0. The fourth-order valence-electron chi connectivity index (χ4n) is 2.46. The van der Waals surface area contributed by atoms with Gasteiger partial charge in [-0.1, -0.05) is 59.3 Å².